The molecule has 0 saturated heterocycles. The van der Waals surface area contributed by atoms with Crippen molar-refractivity contribution < 1.29 is 4.42 Å². The molecule has 1 aromatic heterocycles. The summed E-state index contributed by atoms with van der Waals surface area (Å²) in [5.41, 5.74) is 6.09. The van der Waals surface area contributed by atoms with Gasteiger partial charge >= 0.3 is 0 Å². The number of aromatic nitrogens is 1. The average molecular weight is 222 g/mol. The number of oxazole rings is 1. The van der Waals surface area contributed by atoms with Crippen molar-refractivity contribution in [1.29, 1.82) is 0 Å². The second-order valence-corrected chi connectivity index (χ2v) is 5.68. The molecule has 3 nitrogen and oxygen atoms in total. The fourth-order valence-electron chi connectivity index (χ4n) is 2.69. The summed E-state index contributed by atoms with van der Waals surface area (Å²) in [5, 5.41) is 0. The minimum Gasteiger partial charge on any atom is -0.444 e. The standard InChI is InChI=1S/C13H22N2O/c1-9(14)12-15-8-11(16-12)10-6-4-5-7-13(10,2)3/h8-10H,4-7,14H2,1-3H3. The van der Waals surface area contributed by atoms with E-state index in [0.29, 0.717) is 17.2 Å². The van der Waals surface area contributed by atoms with E-state index in [0.717, 1.165) is 5.76 Å². The Kier molecular flexibility index (Phi) is 3.06. The van der Waals surface area contributed by atoms with E-state index in [2.05, 4.69) is 18.8 Å². The van der Waals surface area contributed by atoms with Crippen LogP contribution in [0.1, 0.15) is 70.1 Å². The first-order chi connectivity index (χ1) is 7.50. The number of nitrogens with two attached hydrogens (primary N) is 1. The molecule has 0 amide bonds. The Labute approximate surface area is 97.4 Å². The molecule has 2 N–H and O–H groups in total. The lowest BCUT2D eigenvalue weighted by atomic mass is 9.68. The molecule has 2 atom stereocenters. The van der Waals surface area contributed by atoms with Crippen LogP contribution in [0.5, 0.6) is 0 Å². The van der Waals surface area contributed by atoms with E-state index < -0.39 is 0 Å². The van der Waals surface area contributed by atoms with Gasteiger partial charge in [-0.15, -0.1) is 0 Å². The summed E-state index contributed by atoms with van der Waals surface area (Å²) in [6, 6.07) is -0.111. The molecule has 1 aromatic rings. The average Bonchev–Trinajstić information content (AvgIpc) is 2.65. The van der Waals surface area contributed by atoms with Crippen molar-refractivity contribution in [1.82, 2.24) is 4.98 Å². The van der Waals surface area contributed by atoms with Crippen LogP contribution in [0.3, 0.4) is 0 Å². The molecule has 0 spiro atoms. The number of rotatable bonds is 2. The SMILES string of the molecule is CC(N)c1ncc(C2CCCCC2(C)C)o1. The van der Waals surface area contributed by atoms with Crippen LogP contribution < -0.4 is 5.73 Å². The van der Waals surface area contributed by atoms with E-state index in [9.17, 15) is 0 Å². The molecule has 1 heterocycles. The summed E-state index contributed by atoms with van der Waals surface area (Å²) >= 11 is 0. The maximum absolute atomic E-state index is 5.78. The van der Waals surface area contributed by atoms with Gasteiger partial charge in [0.2, 0.25) is 5.89 Å². The topological polar surface area (TPSA) is 52.0 Å². The van der Waals surface area contributed by atoms with Crippen LogP contribution in [0.2, 0.25) is 0 Å². The van der Waals surface area contributed by atoms with Gasteiger partial charge in [0.15, 0.2) is 0 Å². The molecule has 3 heteroatoms. The maximum Gasteiger partial charge on any atom is 0.211 e. The lowest BCUT2D eigenvalue weighted by Gasteiger charge is -2.37. The molecule has 0 bridgehead atoms. The Bertz CT molecular complexity index is 355. The van der Waals surface area contributed by atoms with Crippen LogP contribution in [0.15, 0.2) is 10.6 Å². The number of hydrogen-bond acceptors (Lipinski definition) is 3. The van der Waals surface area contributed by atoms with Gasteiger partial charge in [-0.25, -0.2) is 4.98 Å². The molecule has 1 aliphatic rings. The van der Waals surface area contributed by atoms with Crippen molar-refractivity contribution in [2.75, 3.05) is 0 Å². The smallest absolute Gasteiger partial charge is 0.211 e. The zero-order valence-corrected chi connectivity index (χ0v) is 10.5. The Balaban J connectivity index is 2.21. The van der Waals surface area contributed by atoms with Gasteiger partial charge in [-0.2, -0.15) is 0 Å². The van der Waals surface area contributed by atoms with Crippen molar-refractivity contribution >= 4 is 0 Å². The monoisotopic (exact) mass is 222 g/mol. The van der Waals surface area contributed by atoms with Gasteiger partial charge in [0.1, 0.15) is 5.76 Å². The minimum atomic E-state index is -0.111. The third kappa shape index (κ3) is 2.14. The largest absolute Gasteiger partial charge is 0.444 e. The summed E-state index contributed by atoms with van der Waals surface area (Å²) < 4.78 is 5.78. The molecule has 90 valence electrons. The lowest BCUT2D eigenvalue weighted by molar-refractivity contribution is 0.175. The van der Waals surface area contributed by atoms with Crippen LogP contribution in [0, 0.1) is 5.41 Å². The highest BCUT2D eigenvalue weighted by molar-refractivity contribution is 5.09. The van der Waals surface area contributed by atoms with Gasteiger partial charge in [-0.05, 0) is 25.2 Å². The predicted octanol–water partition coefficient (Wildman–Crippen LogP) is 3.38. The Morgan fingerprint density at radius 3 is 2.81 bits per heavy atom. The minimum absolute atomic E-state index is 0.111. The highest BCUT2D eigenvalue weighted by Gasteiger charge is 2.35. The summed E-state index contributed by atoms with van der Waals surface area (Å²) in [6.07, 6.45) is 6.98. The van der Waals surface area contributed by atoms with Crippen molar-refractivity contribution in [3.05, 3.63) is 17.8 Å². The lowest BCUT2D eigenvalue weighted by Crippen LogP contribution is -2.25. The van der Waals surface area contributed by atoms with Gasteiger partial charge in [0.25, 0.3) is 0 Å². The first-order valence-electron chi connectivity index (χ1n) is 6.22. The van der Waals surface area contributed by atoms with Crippen LogP contribution >= 0.6 is 0 Å². The van der Waals surface area contributed by atoms with Crippen molar-refractivity contribution in [2.24, 2.45) is 11.1 Å². The Morgan fingerprint density at radius 2 is 2.25 bits per heavy atom. The van der Waals surface area contributed by atoms with Crippen molar-refractivity contribution in [3.63, 3.8) is 0 Å². The molecular formula is C13H22N2O. The molecule has 0 radical (unpaired) electrons. The third-order valence-corrected chi connectivity index (χ3v) is 3.78. The van der Waals surface area contributed by atoms with Crippen LogP contribution in [0.25, 0.3) is 0 Å². The van der Waals surface area contributed by atoms with E-state index >= 15 is 0 Å². The second-order valence-electron chi connectivity index (χ2n) is 5.68. The molecule has 16 heavy (non-hydrogen) atoms. The highest BCUT2D eigenvalue weighted by Crippen LogP contribution is 2.46. The van der Waals surface area contributed by atoms with Crippen molar-refractivity contribution in [3.8, 4) is 0 Å². The van der Waals surface area contributed by atoms with E-state index in [1.807, 2.05) is 13.1 Å². The summed E-state index contributed by atoms with van der Waals surface area (Å²) in [5.74, 6) is 2.19. The van der Waals surface area contributed by atoms with Crippen LogP contribution in [0.4, 0.5) is 0 Å². The highest BCUT2D eigenvalue weighted by atomic mass is 16.4. The van der Waals surface area contributed by atoms with Gasteiger partial charge < -0.3 is 10.2 Å². The Morgan fingerprint density at radius 1 is 1.50 bits per heavy atom. The third-order valence-electron chi connectivity index (χ3n) is 3.78. The fraction of sp³-hybridized carbons (Fsp3) is 0.769. The predicted molar refractivity (Wildman–Crippen MR) is 64.1 cm³/mol. The fourth-order valence-corrected chi connectivity index (χ4v) is 2.69. The quantitative estimate of drug-likeness (QED) is 0.834. The van der Waals surface area contributed by atoms with E-state index in [1.54, 1.807) is 0 Å². The zero-order valence-electron chi connectivity index (χ0n) is 10.5. The Hall–Kier alpha value is -0.830. The van der Waals surface area contributed by atoms with Gasteiger partial charge in [-0.3, -0.25) is 0 Å². The first kappa shape index (κ1) is 11.6. The first-order valence-corrected chi connectivity index (χ1v) is 6.22. The van der Waals surface area contributed by atoms with Crippen LogP contribution in [-0.2, 0) is 0 Å². The molecule has 0 aromatic carbocycles. The van der Waals surface area contributed by atoms with E-state index in [-0.39, 0.29) is 6.04 Å². The van der Waals surface area contributed by atoms with Gasteiger partial charge in [0, 0.05) is 5.92 Å². The van der Waals surface area contributed by atoms with E-state index in [1.165, 1.54) is 25.7 Å². The molecule has 2 unspecified atom stereocenters. The molecule has 1 aliphatic carbocycles. The normalized spacial score (nSPS) is 26.6. The van der Waals surface area contributed by atoms with Gasteiger partial charge in [-0.1, -0.05) is 26.7 Å². The number of hydrogen-bond donors (Lipinski definition) is 1. The van der Waals surface area contributed by atoms with Crippen LogP contribution in [-0.4, -0.2) is 4.98 Å². The van der Waals surface area contributed by atoms with E-state index in [4.69, 9.17) is 10.2 Å². The number of nitrogens with zero attached hydrogens (tertiary/aromatic N) is 1. The summed E-state index contributed by atoms with van der Waals surface area (Å²) in [6.45, 7) is 6.55. The zero-order chi connectivity index (χ0) is 11.8. The maximum atomic E-state index is 5.78. The summed E-state index contributed by atoms with van der Waals surface area (Å²) in [7, 11) is 0. The molecule has 0 aliphatic heterocycles. The molecule has 2 rings (SSSR count). The summed E-state index contributed by atoms with van der Waals surface area (Å²) in [4.78, 5) is 4.26. The van der Waals surface area contributed by atoms with Crippen molar-refractivity contribution in [2.45, 2.75) is 58.4 Å². The molecule has 1 fully saturated rings. The molecular weight excluding hydrogens is 200 g/mol. The van der Waals surface area contributed by atoms with Gasteiger partial charge in [0.05, 0.1) is 12.2 Å². The second kappa shape index (κ2) is 4.21. The molecule has 1 saturated carbocycles.